The average Bonchev–Trinajstić information content (AvgIpc) is 3.86. The zero-order chi connectivity index (χ0) is 34.7. The molecule has 0 saturated carbocycles. The molecule has 14 nitrogen and oxygen atoms in total. The number of aliphatic hydroxyl groups is 1. The Bertz CT molecular complexity index is 1710. The molecule has 4 heterocycles. The Morgan fingerprint density at radius 2 is 1.86 bits per heavy atom. The number of carbonyl (C=O) groups is 1. The third-order valence-corrected chi connectivity index (χ3v) is 10.6. The summed E-state index contributed by atoms with van der Waals surface area (Å²) in [5, 5.41) is 18.9. The first kappa shape index (κ1) is 35.0. The molecule has 49 heavy (non-hydrogen) atoms. The van der Waals surface area contributed by atoms with E-state index in [4.69, 9.17) is 28.4 Å². The molecular weight excluding hydrogens is 656 g/mol. The highest BCUT2D eigenvalue weighted by Crippen LogP contribution is 2.35. The van der Waals surface area contributed by atoms with E-state index in [0.717, 1.165) is 17.0 Å². The maximum atomic E-state index is 13.9. The highest BCUT2D eigenvalue weighted by Gasteiger charge is 2.44. The maximum Gasteiger partial charge on any atom is 0.407 e. The number of rotatable bonds is 14. The van der Waals surface area contributed by atoms with Crippen molar-refractivity contribution in [2.24, 2.45) is 11.8 Å². The van der Waals surface area contributed by atoms with Gasteiger partial charge in [0.15, 0.2) is 24.5 Å². The molecule has 2 saturated heterocycles. The highest BCUT2D eigenvalue weighted by atomic mass is 32.2. The molecule has 2 N–H and O–H groups in total. The van der Waals surface area contributed by atoms with Crippen molar-refractivity contribution in [3.63, 3.8) is 0 Å². The van der Waals surface area contributed by atoms with E-state index in [1.165, 1.54) is 16.4 Å². The third-order valence-electron chi connectivity index (χ3n) is 8.79. The van der Waals surface area contributed by atoms with Crippen LogP contribution in [-0.2, 0) is 37.4 Å². The van der Waals surface area contributed by atoms with Gasteiger partial charge in [0.25, 0.3) is 0 Å². The van der Waals surface area contributed by atoms with Gasteiger partial charge in [0.05, 0.1) is 41.9 Å². The Labute approximate surface area is 286 Å². The van der Waals surface area contributed by atoms with Crippen LogP contribution in [0.2, 0.25) is 0 Å². The van der Waals surface area contributed by atoms with Crippen molar-refractivity contribution in [2.75, 3.05) is 33.1 Å². The number of hydrogen-bond donors (Lipinski definition) is 2. The van der Waals surface area contributed by atoms with Gasteiger partial charge in [-0.05, 0) is 68.5 Å². The van der Waals surface area contributed by atoms with Crippen molar-refractivity contribution < 1.29 is 46.7 Å². The number of nitrogens with zero attached hydrogens (tertiary/aromatic N) is 3. The number of carbonyl (C=O) groups excluding carboxylic acids is 1. The number of ether oxygens (including phenoxy) is 6. The molecule has 266 valence electrons. The van der Waals surface area contributed by atoms with Crippen LogP contribution in [0.25, 0.3) is 0 Å². The summed E-state index contributed by atoms with van der Waals surface area (Å²) in [6, 6.07) is 12.8. The predicted octanol–water partition coefficient (Wildman–Crippen LogP) is 3.37. The largest absolute Gasteiger partial charge is 0.471 e. The van der Waals surface area contributed by atoms with Gasteiger partial charge in [0.2, 0.25) is 16.8 Å². The molecule has 2 fully saturated rings. The third kappa shape index (κ3) is 8.29. The fourth-order valence-electron chi connectivity index (χ4n) is 6.27. The van der Waals surface area contributed by atoms with Gasteiger partial charge >= 0.3 is 6.09 Å². The van der Waals surface area contributed by atoms with Crippen LogP contribution in [0.15, 0.2) is 53.4 Å². The van der Waals surface area contributed by atoms with Gasteiger partial charge < -0.3 is 38.8 Å². The number of hydrogen-bond acceptors (Lipinski definition) is 11. The topological polar surface area (TPSA) is 160 Å². The van der Waals surface area contributed by atoms with Gasteiger partial charge in [-0.15, -0.1) is 0 Å². The molecule has 2 aromatic carbocycles. The van der Waals surface area contributed by atoms with Crippen LogP contribution in [0.1, 0.15) is 37.2 Å². The molecule has 0 spiro atoms. The second-order valence-corrected chi connectivity index (χ2v) is 15.0. The van der Waals surface area contributed by atoms with Crippen molar-refractivity contribution in [1.82, 2.24) is 19.4 Å². The molecule has 0 unspecified atom stereocenters. The fraction of sp³-hybridized carbons (Fsp3) is 0.529. The molecule has 1 amide bonds. The Balaban J connectivity index is 1.18. The molecular formula is C34H44N4O10S. The first-order valence-electron chi connectivity index (χ1n) is 16.5. The van der Waals surface area contributed by atoms with Crippen LogP contribution in [0, 0.1) is 25.7 Å². The predicted molar refractivity (Wildman–Crippen MR) is 176 cm³/mol. The molecule has 6 rings (SSSR count). The van der Waals surface area contributed by atoms with Gasteiger partial charge in [-0.3, -0.25) is 0 Å². The molecule has 0 aliphatic carbocycles. The lowest BCUT2D eigenvalue weighted by Gasteiger charge is -2.31. The second kappa shape index (κ2) is 14.9. The summed E-state index contributed by atoms with van der Waals surface area (Å²) in [5.41, 5.74) is 2.67. The SMILES string of the molecule is Cc1cc(C)n(COc2ccc(C[C@H](NC(=O)O[C@H]3CO[C@H]4OCC[C@H]43)[C@H](O)CN(CC(C)C)S(=O)(=O)c3ccc4c(c3)OCO4)cc2)n1. The summed E-state index contributed by atoms with van der Waals surface area (Å²) in [7, 11) is -4.07. The van der Waals surface area contributed by atoms with Crippen LogP contribution in [-0.4, -0.2) is 91.3 Å². The minimum atomic E-state index is -4.07. The summed E-state index contributed by atoms with van der Waals surface area (Å²) >= 11 is 0. The van der Waals surface area contributed by atoms with E-state index in [1.807, 2.05) is 45.9 Å². The standard InChI is InChI=1S/C34H44N4O10S/c1-21(2)16-37(49(41,42)26-9-10-30-31(15-26)47-20-46-30)17-29(39)28(35-34(40)48-32-18-44-33-27(32)11-12-43-33)14-24-5-7-25(8-6-24)45-19-38-23(4)13-22(3)36-38/h5-10,13,15,21,27-29,32-33,39H,11-12,14,16-20H2,1-4H3,(H,35,40)/t27-,28-,29+,32-,33+/m0/s1. The Morgan fingerprint density at radius 1 is 1.08 bits per heavy atom. The molecule has 3 aromatic rings. The van der Waals surface area contributed by atoms with Gasteiger partial charge in [-0.25, -0.2) is 17.9 Å². The van der Waals surface area contributed by atoms with Gasteiger partial charge in [0, 0.05) is 24.8 Å². The monoisotopic (exact) mass is 700 g/mol. The quantitative estimate of drug-likeness (QED) is 0.254. The normalized spacial score (nSPS) is 21.2. The molecule has 3 aliphatic rings. The second-order valence-electron chi connectivity index (χ2n) is 13.1. The number of aryl methyl sites for hydroxylation is 2. The summed E-state index contributed by atoms with van der Waals surface area (Å²) in [6.45, 7) is 8.51. The Morgan fingerprint density at radius 3 is 2.59 bits per heavy atom. The Hall–Kier alpha value is -3.89. The number of fused-ring (bicyclic) bond motifs is 2. The van der Waals surface area contributed by atoms with E-state index in [1.54, 1.807) is 22.9 Å². The van der Waals surface area contributed by atoms with Crippen molar-refractivity contribution in [2.45, 2.75) is 76.7 Å². The van der Waals surface area contributed by atoms with Crippen LogP contribution >= 0.6 is 0 Å². The summed E-state index contributed by atoms with van der Waals surface area (Å²) in [6.07, 6.45) is -2.03. The first-order chi connectivity index (χ1) is 23.5. The minimum absolute atomic E-state index is 0.00886. The van der Waals surface area contributed by atoms with E-state index in [0.29, 0.717) is 30.3 Å². The number of benzene rings is 2. The summed E-state index contributed by atoms with van der Waals surface area (Å²) in [4.78, 5) is 13.3. The lowest BCUT2D eigenvalue weighted by Crippen LogP contribution is -2.51. The zero-order valence-electron chi connectivity index (χ0n) is 28.1. The lowest BCUT2D eigenvalue weighted by atomic mass is 10.0. The minimum Gasteiger partial charge on any atom is -0.471 e. The van der Waals surface area contributed by atoms with Gasteiger partial charge in [-0.1, -0.05) is 26.0 Å². The number of sulfonamides is 1. The van der Waals surface area contributed by atoms with E-state index >= 15 is 0 Å². The van der Waals surface area contributed by atoms with Crippen molar-refractivity contribution >= 4 is 16.1 Å². The van der Waals surface area contributed by atoms with Gasteiger partial charge in [0.1, 0.15) is 11.9 Å². The van der Waals surface area contributed by atoms with Crippen LogP contribution < -0.4 is 19.5 Å². The van der Waals surface area contributed by atoms with Crippen LogP contribution in [0.5, 0.6) is 17.2 Å². The van der Waals surface area contributed by atoms with Crippen LogP contribution in [0.4, 0.5) is 4.79 Å². The van der Waals surface area contributed by atoms with E-state index in [9.17, 15) is 18.3 Å². The maximum absolute atomic E-state index is 13.9. The number of aliphatic hydroxyl groups excluding tert-OH is 1. The molecule has 15 heteroatoms. The molecule has 0 bridgehead atoms. The first-order valence-corrected chi connectivity index (χ1v) is 17.9. The van der Waals surface area contributed by atoms with E-state index in [-0.39, 0.29) is 56.4 Å². The van der Waals surface area contributed by atoms with Crippen molar-refractivity contribution in [3.8, 4) is 17.2 Å². The van der Waals surface area contributed by atoms with E-state index < -0.39 is 40.7 Å². The van der Waals surface area contributed by atoms with E-state index in [2.05, 4.69) is 10.4 Å². The number of nitrogens with one attached hydrogen (secondary N) is 1. The molecule has 5 atom stereocenters. The molecule has 1 aromatic heterocycles. The molecule has 0 radical (unpaired) electrons. The average molecular weight is 701 g/mol. The lowest BCUT2D eigenvalue weighted by molar-refractivity contribution is -0.0907. The summed E-state index contributed by atoms with van der Waals surface area (Å²) < 4.78 is 64.4. The summed E-state index contributed by atoms with van der Waals surface area (Å²) in [5.74, 6) is 1.29. The zero-order valence-corrected chi connectivity index (χ0v) is 28.9. The number of aromatic nitrogens is 2. The van der Waals surface area contributed by atoms with Crippen molar-refractivity contribution in [1.29, 1.82) is 0 Å². The smallest absolute Gasteiger partial charge is 0.407 e. The molecule has 3 aliphatic heterocycles. The number of alkyl carbamates (subject to hydrolysis) is 1. The fourth-order valence-corrected chi connectivity index (χ4v) is 7.91. The Kier molecular flexibility index (Phi) is 10.6. The van der Waals surface area contributed by atoms with Gasteiger partial charge in [-0.2, -0.15) is 9.40 Å². The highest BCUT2D eigenvalue weighted by molar-refractivity contribution is 7.89. The van der Waals surface area contributed by atoms with Crippen molar-refractivity contribution in [3.05, 3.63) is 65.5 Å². The number of amides is 1. The van der Waals surface area contributed by atoms with Crippen LogP contribution in [0.3, 0.4) is 0 Å².